The zero-order chi connectivity index (χ0) is 22.5. The zero-order valence-corrected chi connectivity index (χ0v) is 18.3. The third-order valence-corrected chi connectivity index (χ3v) is 5.18. The van der Waals surface area contributed by atoms with Crippen molar-refractivity contribution in [3.8, 4) is 17.2 Å². The zero-order valence-electron chi connectivity index (χ0n) is 18.3. The Bertz CT molecular complexity index is 1210. The molecule has 1 N–H and O–H groups in total. The molecule has 0 fully saturated rings. The first kappa shape index (κ1) is 21.2. The van der Waals surface area contributed by atoms with Crippen LogP contribution in [0.1, 0.15) is 33.3 Å². The summed E-state index contributed by atoms with van der Waals surface area (Å²) in [4.78, 5) is 12.6. The number of benzene rings is 2. The van der Waals surface area contributed by atoms with Crippen molar-refractivity contribution in [1.29, 1.82) is 0 Å². The molecule has 1 amide bonds. The molecule has 7 nitrogen and oxygen atoms in total. The Morgan fingerprint density at radius 3 is 2.59 bits per heavy atom. The number of nitrogens with zero attached hydrogens (tertiary/aromatic N) is 2. The van der Waals surface area contributed by atoms with E-state index in [-0.39, 0.29) is 18.3 Å². The van der Waals surface area contributed by atoms with Crippen LogP contribution in [0.4, 0.5) is 0 Å². The fraction of sp³-hybridized carbons (Fsp3) is 0.200. The van der Waals surface area contributed by atoms with Gasteiger partial charge in [0.1, 0.15) is 23.9 Å². The van der Waals surface area contributed by atoms with Gasteiger partial charge in [-0.2, -0.15) is 5.10 Å². The van der Waals surface area contributed by atoms with E-state index >= 15 is 0 Å². The van der Waals surface area contributed by atoms with E-state index in [1.165, 1.54) is 0 Å². The molecule has 0 bridgehead atoms. The molecule has 0 atom stereocenters. The van der Waals surface area contributed by atoms with Crippen molar-refractivity contribution >= 4 is 5.91 Å². The fourth-order valence-electron chi connectivity index (χ4n) is 3.43. The van der Waals surface area contributed by atoms with Crippen LogP contribution in [0.2, 0.25) is 0 Å². The smallest absolute Gasteiger partial charge is 0.287 e. The minimum atomic E-state index is -0.288. The second-order valence-corrected chi connectivity index (χ2v) is 7.31. The van der Waals surface area contributed by atoms with Gasteiger partial charge in [0, 0.05) is 23.9 Å². The van der Waals surface area contributed by atoms with E-state index in [1.807, 2.05) is 67.1 Å². The van der Waals surface area contributed by atoms with Crippen molar-refractivity contribution in [3.63, 3.8) is 0 Å². The first-order valence-corrected chi connectivity index (χ1v) is 10.3. The predicted molar refractivity (Wildman–Crippen MR) is 120 cm³/mol. The largest absolute Gasteiger partial charge is 0.497 e. The van der Waals surface area contributed by atoms with Gasteiger partial charge in [-0.1, -0.05) is 24.3 Å². The summed E-state index contributed by atoms with van der Waals surface area (Å²) in [6.45, 7) is 4.51. The van der Waals surface area contributed by atoms with Crippen LogP contribution in [-0.4, -0.2) is 22.8 Å². The Hall–Kier alpha value is -4.00. The number of hydrogen-bond acceptors (Lipinski definition) is 5. The molecular formula is C25H25N3O4. The number of para-hydroxylation sites is 1. The molecule has 2 heterocycles. The van der Waals surface area contributed by atoms with E-state index in [0.29, 0.717) is 23.8 Å². The molecule has 0 radical (unpaired) electrons. The number of ether oxygens (including phenoxy) is 2. The number of carbonyl (C=O) groups excluding carboxylic acids is 1. The SMILES string of the molecule is COc1cccc(OCc2ccc(C(=O)NCc3c(C)nn(-c4ccccc4)c3C)o2)c1. The van der Waals surface area contributed by atoms with E-state index in [2.05, 4.69) is 10.4 Å². The molecular weight excluding hydrogens is 406 g/mol. The maximum atomic E-state index is 12.6. The number of amides is 1. The molecule has 4 rings (SSSR count). The molecule has 0 aliphatic heterocycles. The third kappa shape index (κ3) is 4.67. The van der Waals surface area contributed by atoms with Crippen molar-refractivity contribution in [1.82, 2.24) is 15.1 Å². The quantitative estimate of drug-likeness (QED) is 0.441. The fourth-order valence-corrected chi connectivity index (χ4v) is 3.43. The normalized spacial score (nSPS) is 10.7. The maximum absolute atomic E-state index is 12.6. The number of aromatic nitrogens is 2. The van der Waals surface area contributed by atoms with Crippen LogP contribution in [0, 0.1) is 13.8 Å². The Morgan fingerprint density at radius 2 is 1.81 bits per heavy atom. The Kier molecular flexibility index (Phi) is 6.26. The molecule has 0 spiro atoms. The molecule has 32 heavy (non-hydrogen) atoms. The second-order valence-electron chi connectivity index (χ2n) is 7.31. The highest BCUT2D eigenvalue weighted by Gasteiger charge is 2.16. The lowest BCUT2D eigenvalue weighted by atomic mass is 10.2. The maximum Gasteiger partial charge on any atom is 0.287 e. The highest BCUT2D eigenvalue weighted by atomic mass is 16.5. The summed E-state index contributed by atoms with van der Waals surface area (Å²) in [5, 5.41) is 7.54. The van der Waals surface area contributed by atoms with Crippen LogP contribution < -0.4 is 14.8 Å². The lowest BCUT2D eigenvalue weighted by molar-refractivity contribution is 0.0919. The summed E-state index contributed by atoms with van der Waals surface area (Å²) in [5.41, 5.74) is 3.83. The standard InChI is InChI=1S/C25H25N3O4/c1-17-23(18(2)28(27-17)19-8-5-4-6-9-19)15-26-25(29)24-13-12-22(32-24)16-31-21-11-7-10-20(14-21)30-3/h4-14H,15-16H2,1-3H3,(H,26,29). The van der Waals surface area contributed by atoms with Crippen molar-refractivity contribution in [2.45, 2.75) is 27.0 Å². The summed E-state index contributed by atoms with van der Waals surface area (Å²) in [6.07, 6.45) is 0. The summed E-state index contributed by atoms with van der Waals surface area (Å²) in [5.74, 6) is 1.88. The first-order chi connectivity index (χ1) is 15.5. The van der Waals surface area contributed by atoms with Crippen LogP contribution in [0.15, 0.2) is 71.1 Å². The van der Waals surface area contributed by atoms with Gasteiger partial charge in [-0.05, 0) is 50.2 Å². The van der Waals surface area contributed by atoms with Gasteiger partial charge >= 0.3 is 0 Å². The van der Waals surface area contributed by atoms with E-state index in [4.69, 9.17) is 13.9 Å². The third-order valence-electron chi connectivity index (χ3n) is 5.18. The lowest BCUT2D eigenvalue weighted by Crippen LogP contribution is -2.23. The molecule has 0 aliphatic carbocycles. The van der Waals surface area contributed by atoms with Gasteiger partial charge in [-0.15, -0.1) is 0 Å². The molecule has 0 saturated heterocycles. The molecule has 0 saturated carbocycles. The number of methoxy groups -OCH3 is 1. The molecule has 2 aromatic carbocycles. The average Bonchev–Trinajstić information content (AvgIpc) is 3.41. The van der Waals surface area contributed by atoms with Gasteiger partial charge in [0.05, 0.1) is 18.5 Å². The molecule has 2 aromatic heterocycles. The molecule has 4 aromatic rings. The summed E-state index contributed by atoms with van der Waals surface area (Å²) < 4.78 is 18.4. The molecule has 7 heteroatoms. The first-order valence-electron chi connectivity index (χ1n) is 10.3. The Morgan fingerprint density at radius 1 is 1.03 bits per heavy atom. The predicted octanol–water partition coefficient (Wildman–Crippen LogP) is 4.60. The van der Waals surface area contributed by atoms with Crippen molar-refractivity contribution in [2.24, 2.45) is 0 Å². The minimum Gasteiger partial charge on any atom is -0.497 e. The van der Waals surface area contributed by atoms with Crippen molar-refractivity contribution < 1.29 is 18.7 Å². The molecule has 164 valence electrons. The second kappa shape index (κ2) is 9.43. The number of furan rings is 1. The summed E-state index contributed by atoms with van der Waals surface area (Å²) >= 11 is 0. The number of aryl methyl sites for hydroxylation is 1. The number of rotatable bonds is 8. The van der Waals surface area contributed by atoms with Gasteiger partial charge in [-0.3, -0.25) is 4.79 Å². The monoisotopic (exact) mass is 431 g/mol. The highest BCUT2D eigenvalue weighted by Crippen LogP contribution is 2.21. The van der Waals surface area contributed by atoms with Gasteiger partial charge in [0.25, 0.3) is 5.91 Å². The van der Waals surface area contributed by atoms with Crippen molar-refractivity contribution in [3.05, 3.63) is 95.2 Å². The number of carbonyl (C=O) groups is 1. The van der Waals surface area contributed by atoms with E-state index < -0.39 is 0 Å². The van der Waals surface area contributed by atoms with Crippen LogP contribution in [-0.2, 0) is 13.2 Å². The van der Waals surface area contributed by atoms with E-state index in [9.17, 15) is 4.79 Å². The van der Waals surface area contributed by atoms with E-state index in [0.717, 1.165) is 22.6 Å². The average molecular weight is 431 g/mol. The Labute approximate surface area is 186 Å². The molecule has 0 aliphatic rings. The topological polar surface area (TPSA) is 78.5 Å². The summed E-state index contributed by atoms with van der Waals surface area (Å²) in [6, 6.07) is 20.6. The van der Waals surface area contributed by atoms with Crippen LogP contribution >= 0.6 is 0 Å². The minimum absolute atomic E-state index is 0.211. The lowest BCUT2D eigenvalue weighted by Gasteiger charge is -2.07. The molecule has 0 unspecified atom stereocenters. The van der Waals surface area contributed by atoms with Gasteiger partial charge in [0.15, 0.2) is 5.76 Å². The summed E-state index contributed by atoms with van der Waals surface area (Å²) in [7, 11) is 1.60. The van der Waals surface area contributed by atoms with Gasteiger partial charge < -0.3 is 19.2 Å². The van der Waals surface area contributed by atoms with Gasteiger partial charge in [-0.25, -0.2) is 4.68 Å². The van der Waals surface area contributed by atoms with Gasteiger partial charge in [0.2, 0.25) is 0 Å². The highest BCUT2D eigenvalue weighted by molar-refractivity contribution is 5.91. The Balaban J connectivity index is 1.37. The van der Waals surface area contributed by atoms with E-state index in [1.54, 1.807) is 25.3 Å². The number of hydrogen-bond donors (Lipinski definition) is 1. The van der Waals surface area contributed by atoms with Crippen LogP contribution in [0.5, 0.6) is 11.5 Å². The van der Waals surface area contributed by atoms with Crippen molar-refractivity contribution in [2.75, 3.05) is 7.11 Å². The van der Waals surface area contributed by atoms with Crippen LogP contribution in [0.3, 0.4) is 0 Å². The van der Waals surface area contributed by atoms with Crippen LogP contribution in [0.25, 0.3) is 5.69 Å². The number of nitrogens with one attached hydrogen (secondary N) is 1.